The first kappa shape index (κ1) is 20.6. The second-order valence-electron chi connectivity index (χ2n) is 8.68. The Morgan fingerprint density at radius 1 is 1.18 bits per heavy atom. The van der Waals surface area contributed by atoms with Gasteiger partial charge >= 0.3 is 0 Å². The minimum atomic E-state index is -1.30. The van der Waals surface area contributed by atoms with Crippen LogP contribution in [0.2, 0.25) is 0 Å². The van der Waals surface area contributed by atoms with Gasteiger partial charge in [0, 0.05) is 23.3 Å². The molecule has 1 spiro atoms. The van der Waals surface area contributed by atoms with Gasteiger partial charge in [-0.15, -0.1) is 23.2 Å². The SMILES string of the molecule is C[C@@H](C1CCC(Cl)CC1)N1C(=O)CN(C2NCC(Cl)CC2F)C(=O)C12COC2. The average molecular weight is 436 g/mol. The van der Waals surface area contributed by atoms with E-state index < -0.39 is 17.9 Å². The molecule has 4 atom stereocenters. The smallest absolute Gasteiger partial charge is 0.255 e. The lowest BCUT2D eigenvalue weighted by atomic mass is 9.79. The molecule has 1 aliphatic carbocycles. The highest BCUT2D eigenvalue weighted by Gasteiger charge is 2.61. The molecule has 2 amide bonds. The number of piperidine rings is 1. The Balaban J connectivity index is 1.55. The standard InChI is InChI=1S/C19H28Cl2FN3O3/c1-11(12-2-4-13(20)5-3-12)25-16(26)8-24(18(27)19(25)9-28-10-19)17-15(22)6-14(21)7-23-17/h11-15,17,23H,2-10H2,1H3/t11-,12?,13?,14?,15?,17?/m0/s1. The molecule has 9 heteroatoms. The molecule has 4 rings (SSSR count). The summed E-state index contributed by atoms with van der Waals surface area (Å²) in [6, 6.07) is -0.0700. The second-order valence-corrected chi connectivity index (χ2v) is 9.91. The van der Waals surface area contributed by atoms with Gasteiger partial charge in [-0.3, -0.25) is 14.9 Å². The Bertz CT molecular complexity index is 628. The number of ether oxygens (including phenoxy) is 1. The van der Waals surface area contributed by atoms with Crippen LogP contribution in [0.25, 0.3) is 0 Å². The van der Waals surface area contributed by atoms with Crippen molar-refractivity contribution in [1.82, 2.24) is 15.1 Å². The molecular weight excluding hydrogens is 408 g/mol. The summed E-state index contributed by atoms with van der Waals surface area (Å²) in [6.07, 6.45) is 1.81. The van der Waals surface area contributed by atoms with Crippen molar-refractivity contribution in [3.8, 4) is 0 Å². The quantitative estimate of drug-likeness (QED) is 0.687. The summed E-state index contributed by atoms with van der Waals surface area (Å²) in [5.41, 5.74) is -1.01. The summed E-state index contributed by atoms with van der Waals surface area (Å²) in [6.45, 7) is 2.67. The number of piperazine rings is 1. The van der Waals surface area contributed by atoms with Gasteiger partial charge in [-0.25, -0.2) is 4.39 Å². The number of carbonyl (C=O) groups excluding carboxylic acids is 2. The zero-order chi connectivity index (χ0) is 20.1. The number of amides is 2. The molecule has 3 saturated heterocycles. The van der Waals surface area contributed by atoms with E-state index >= 15 is 0 Å². The van der Waals surface area contributed by atoms with E-state index in [1.807, 2.05) is 6.92 Å². The molecule has 0 bridgehead atoms. The van der Waals surface area contributed by atoms with Crippen LogP contribution in [0.3, 0.4) is 0 Å². The molecule has 4 aliphatic rings. The lowest BCUT2D eigenvalue weighted by molar-refractivity contribution is -0.208. The molecule has 0 aromatic heterocycles. The Hall–Kier alpha value is -0.630. The third-order valence-corrected chi connectivity index (χ3v) is 7.64. The number of alkyl halides is 3. The van der Waals surface area contributed by atoms with Crippen LogP contribution in [-0.2, 0) is 14.3 Å². The van der Waals surface area contributed by atoms with E-state index in [1.54, 1.807) is 4.90 Å². The molecule has 3 unspecified atom stereocenters. The monoisotopic (exact) mass is 435 g/mol. The maximum absolute atomic E-state index is 14.6. The van der Waals surface area contributed by atoms with Gasteiger partial charge in [-0.05, 0) is 44.9 Å². The lowest BCUT2D eigenvalue weighted by Crippen LogP contribution is -2.80. The molecule has 3 aliphatic heterocycles. The maximum atomic E-state index is 14.6. The van der Waals surface area contributed by atoms with E-state index in [0.29, 0.717) is 12.5 Å². The maximum Gasteiger partial charge on any atom is 0.255 e. The van der Waals surface area contributed by atoms with Crippen LogP contribution in [0.4, 0.5) is 4.39 Å². The molecule has 4 fully saturated rings. The Morgan fingerprint density at radius 2 is 1.86 bits per heavy atom. The van der Waals surface area contributed by atoms with Crippen LogP contribution in [0.1, 0.15) is 39.0 Å². The summed E-state index contributed by atoms with van der Waals surface area (Å²) >= 11 is 12.3. The van der Waals surface area contributed by atoms with E-state index in [2.05, 4.69) is 5.32 Å². The highest BCUT2D eigenvalue weighted by Crippen LogP contribution is 2.40. The summed E-state index contributed by atoms with van der Waals surface area (Å²) < 4.78 is 20.0. The van der Waals surface area contributed by atoms with Crippen LogP contribution in [0, 0.1) is 5.92 Å². The van der Waals surface area contributed by atoms with Crippen molar-refractivity contribution in [3.63, 3.8) is 0 Å². The van der Waals surface area contributed by atoms with Crippen LogP contribution >= 0.6 is 23.2 Å². The highest BCUT2D eigenvalue weighted by molar-refractivity contribution is 6.21. The molecule has 0 radical (unpaired) electrons. The molecular formula is C19H28Cl2FN3O3. The van der Waals surface area contributed by atoms with Gasteiger partial charge in [-0.2, -0.15) is 0 Å². The molecule has 6 nitrogen and oxygen atoms in total. The van der Waals surface area contributed by atoms with Crippen LogP contribution in [0.5, 0.6) is 0 Å². The van der Waals surface area contributed by atoms with Crippen molar-refractivity contribution in [2.75, 3.05) is 26.3 Å². The number of hydrogen-bond acceptors (Lipinski definition) is 4. The van der Waals surface area contributed by atoms with Crippen molar-refractivity contribution < 1.29 is 18.7 Å². The molecule has 28 heavy (non-hydrogen) atoms. The fraction of sp³-hybridized carbons (Fsp3) is 0.895. The molecule has 0 aromatic rings. The Morgan fingerprint density at radius 3 is 2.43 bits per heavy atom. The summed E-state index contributed by atoms with van der Waals surface area (Å²) in [5.74, 6) is -0.0377. The Labute approximate surface area is 175 Å². The third kappa shape index (κ3) is 3.42. The topological polar surface area (TPSA) is 61.9 Å². The van der Waals surface area contributed by atoms with E-state index in [-0.39, 0.29) is 54.8 Å². The third-order valence-electron chi connectivity index (χ3n) is 6.87. The van der Waals surface area contributed by atoms with Gasteiger partial charge in [0.2, 0.25) is 5.91 Å². The van der Waals surface area contributed by atoms with Crippen molar-refractivity contribution in [2.45, 2.75) is 73.7 Å². The van der Waals surface area contributed by atoms with Crippen molar-refractivity contribution in [2.24, 2.45) is 5.92 Å². The van der Waals surface area contributed by atoms with Crippen molar-refractivity contribution >= 4 is 35.0 Å². The van der Waals surface area contributed by atoms with Crippen LogP contribution < -0.4 is 5.32 Å². The van der Waals surface area contributed by atoms with Crippen LogP contribution in [0.15, 0.2) is 0 Å². The van der Waals surface area contributed by atoms with Gasteiger partial charge in [0.05, 0.1) is 13.2 Å². The number of rotatable bonds is 3. The fourth-order valence-corrected chi connectivity index (χ4v) is 5.72. The zero-order valence-corrected chi connectivity index (χ0v) is 17.6. The fourth-order valence-electron chi connectivity index (χ4n) is 5.21. The first-order chi connectivity index (χ1) is 13.3. The van der Waals surface area contributed by atoms with Gasteiger partial charge in [0.25, 0.3) is 5.91 Å². The first-order valence-electron chi connectivity index (χ1n) is 10.2. The molecule has 3 heterocycles. The summed E-state index contributed by atoms with van der Waals surface area (Å²) in [7, 11) is 0. The van der Waals surface area contributed by atoms with Crippen molar-refractivity contribution in [3.05, 3.63) is 0 Å². The first-order valence-corrected chi connectivity index (χ1v) is 11.1. The number of nitrogens with zero attached hydrogens (tertiary/aromatic N) is 2. The predicted octanol–water partition coefficient (Wildman–Crippen LogP) is 1.88. The van der Waals surface area contributed by atoms with Gasteiger partial charge in [0.15, 0.2) is 5.54 Å². The number of nitrogens with one attached hydrogen (secondary N) is 1. The number of halogens is 3. The minimum Gasteiger partial charge on any atom is -0.375 e. The van der Waals surface area contributed by atoms with E-state index in [4.69, 9.17) is 27.9 Å². The minimum absolute atomic E-state index is 0.0700. The average Bonchev–Trinajstić information content (AvgIpc) is 2.62. The number of hydrogen-bond donors (Lipinski definition) is 1. The van der Waals surface area contributed by atoms with E-state index in [1.165, 1.54) is 4.90 Å². The molecule has 1 N–H and O–H groups in total. The van der Waals surface area contributed by atoms with Gasteiger partial charge in [-0.1, -0.05) is 0 Å². The normalized spacial score (nSPS) is 39.8. The van der Waals surface area contributed by atoms with Gasteiger partial charge < -0.3 is 14.5 Å². The van der Waals surface area contributed by atoms with Gasteiger partial charge in [0.1, 0.15) is 18.9 Å². The highest BCUT2D eigenvalue weighted by atomic mass is 35.5. The number of carbonyl (C=O) groups is 2. The zero-order valence-electron chi connectivity index (χ0n) is 16.1. The lowest BCUT2D eigenvalue weighted by Gasteiger charge is -2.58. The van der Waals surface area contributed by atoms with Crippen LogP contribution in [-0.4, -0.2) is 82.6 Å². The Kier molecular flexibility index (Phi) is 5.82. The van der Waals surface area contributed by atoms with E-state index in [0.717, 1.165) is 25.7 Å². The molecule has 158 valence electrons. The molecule has 0 aromatic carbocycles. The summed E-state index contributed by atoms with van der Waals surface area (Å²) in [4.78, 5) is 29.8. The molecule has 1 saturated carbocycles. The largest absolute Gasteiger partial charge is 0.375 e. The summed E-state index contributed by atoms with van der Waals surface area (Å²) in [5, 5.41) is 2.90. The second kappa shape index (κ2) is 7.89. The van der Waals surface area contributed by atoms with Crippen molar-refractivity contribution in [1.29, 1.82) is 0 Å². The van der Waals surface area contributed by atoms with E-state index in [9.17, 15) is 14.0 Å². The predicted molar refractivity (Wildman–Crippen MR) is 104 cm³/mol.